The van der Waals surface area contributed by atoms with Crippen LogP contribution >= 0.6 is 0 Å². The standard InChI is InChI=1S/C20H21NO4/c22-13-17(11-15-7-3-1-4-8-15)19(23)21-18(14-25-20(21)24)12-16-9-5-2-6-10-16/h1-10,17-18,22H,11-14H2. The van der Waals surface area contributed by atoms with Crippen LogP contribution in [0.5, 0.6) is 0 Å². The van der Waals surface area contributed by atoms with Gasteiger partial charge in [0.05, 0.1) is 18.6 Å². The minimum atomic E-state index is -0.661. The van der Waals surface area contributed by atoms with Crippen molar-refractivity contribution in [2.24, 2.45) is 5.92 Å². The number of hydrogen-bond donors (Lipinski definition) is 1. The van der Waals surface area contributed by atoms with Crippen LogP contribution in [0.15, 0.2) is 60.7 Å². The molecule has 5 nitrogen and oxygen atoms in total. The normalized spacial score (nSPS) is 18.0. The fraction of sp³-hybridized carbons (Fsp3) is 0.300. The first kappa shape index (κ1) is 17.2. The van der Waals surface area contributed by atoms with Gasteiger partial charge in [-0.05, 0) is 24.0 Å². The number of ether oxygens (including phenoxy) is 1. The van der Waals surface area contributed by atoms with Crippen molar-refractivity contribution in [2.75, 3.05) is 13.2 Å². The van der Waals surface area contributed by atoms with E-state index in [1.807, 2.05) is 60.7 Å². The smallest absolute Gasteiger partial charge is 0.416 e. The highest BCUT2D eigenvalue weighted by molar-refractivity contribution is 5.95. The van der Waals surface area contributed by atoms with Crippen molar-refractivity contribution >= 4 is 12.0 Å². The third-order valence-corrected chi connectivity index (χ3v) is 4.41. The van der Waals surface area contributed by atoms with E-state index in [0.29, 0.717) is 12.8 Å². The molecule has 2 unspecified atom stereocenters. The van der Waals surface area contributed by atoms with Crippen LogP contribution in [0.25, 0.3) is 0 Å². The van der Waals surface area contributed by atoms with Gasteiger partial charge in [0.25, 0.3) is 0 Å². The molecule has 1 fully saturated rings. The van der Waals surface area contributed by atoms with Crippen molar-refractivity contribution in [3.05, 3.63) is 71.8 Å². The van der Waals surface area contributed by atoms with Gasteiger partial charge < -0.3 is 9.84 Å². The molecule has 2 aromatic carbocycles. The highest BCUT2D eigenvalue weighted by atomic mass is 16.6. The molecule has 2 amide bonds. The van der Waals surface area contributed by atoms with Crippen molar-refractivity contribution < 1.29 is 19.4 Å². The van der Waals surface area contributed by atoms with Crippen LogP contribution in [0.3, 0.4) is 0 Å². The molecule has 1 heterocycles. The maximum Gasteiger partial charge on any atom is 0.416 e. The lowest BCUT2D eigenvalue weighted by Gasteiger charge is -2.24. The summed E-state index contributed by atoms with van der Waals surface area (Å²) in [5, 5.41) is 9.68. The molecule has 1 saturated heterocycles. The summed E-state index contributed by atoms with van der Waals surface area (Å²) < 4.78 is 5.10. The zero-order valence-corrected chi connectivity index (χ0v) is 13.9. The van der Waals surface area contributed by atoms with E-state index >= 15 is 0 Å². The quantitative estimate of drug-likeness (QED) is 0.878. The van der Waals surface area contributed by atoms with E-state index in [2.05, 4.69) is 0 Å². The molecule has 0 bridgehead atoms. The monoisotopic (exact) mass is 339 g/mol. The van der Waals surface area contributed by atoms with Crippen molar-refractivity contribution in [2.45, 2.75) is 18.9 Å². The number of amides is 2. The lowest BCUT2D eigenvalue weighted by molar-refractivity contribution is -0.134. The molecule has 0 saturated carbocycles. The third kappa shape index (κ3) is 4.06. The van der Waals surface area contributed by atoms with Crippen LogP contribution in [-0.2, 0) is 22.4 Å². The van der Waals surface area contributed by atoms with Crippen LogP contribution in [-0.4, -0.2) is 41.3 Å². The number of aliphatic hydroxyl groups excluding tert-OH is 1. The molecule has 1 N–H and O–H groups in total. The van der Waals surface area contributed by atoms with E-state index in [1.54, 1.807) is 0 Å². The Kier molecular flexibility index (Phi) is 5.46. The maximum absolute atomic E-state index is 12.9. The fourth-order valence-corrected chi connectivity index (χ4v) is 3.09. The Morgan fingerprint density at radius 1 is 1.08 bits per heavy atom. The molecule has 0 radical (unpaired) electrons. The average molecular weight is 339 g/mol. The molecular formula is C20H21NO4. The van der Waals surface area contributed by atoms with Crippen LogP contribution in [0, 0.1) is 5.92 Å². The Balaban J connectivity index is 1.74. The molecule has 5 heteroatoms. The van der Waals surface area contributed by atoms with E-state index < -0.39 is 12.0 Å². The first-order chi connectivity index (χ1) is 12.2. The molecule has 2 aromatic rings. The number of imide groups is 1. The second-order valence-electron chi connectivity index (χ2n) is 6.20. The number of cyclic esters (lactones) is 1. The highest BCUT2D eigenvalue weighted by Crippen LogP contribution is 2.21. The molecule has 25 heavy (non-hydrogen) atoms. The summed E-state index contributed by atoms with van der Waals surface area (Å²) in [5.41, 5.74) is 1.98. The number of carbonyl (C=O) groups is 2. The first-order valence-corrected chi connectivity index (χ1v) is 8.37. The number of nitrogens with zero attached hydrogens (tertiary/aromatic N) is 1. The molecular weight excluding hydrogens is 318 g/mol. The van der Waals surface area contributed by atoms with E-state index in [9.17, 15) is 14.7 Å². The van der Waals surface area contributed by atoms with Crippen LogP contribution < -0.4 is 0 Å². The van der Waals surface area contributed by atoms with Gasteiger partial charge in [0.1, 0.15) is 6.61 Å². The zero-order chi connectivity index (χ0) is 17.6. The Morgan fingerprint density at radius 2 is 1.68 bits per heavy atom. The lowest BCUT2D eigenvalue weighted by Crippen LogP contribution is -2.45. The van der Waals surface area contributed by atoms with Gasteiger partial charge in [-0.2, -0.15) is 0 Å². The molecule has 0 aliphatic carbocycles. The predicted octanol–water partition coefficient (Wildman–Crippen LogP) is 2.43. The van der Waals surface area contributed by atoms with E-state index in [0.717, 1.165) is 11.1 Å². The van der Waals surface area contributed by atoms with Crippen LogP contribution in [0.1, 0.15) is 11.1 Å². The van der Waals surface area contributed by atoms with Gasteiger partial charge in [-0.25, -0.2) is 9.69 Å². The Hall–Kier alpha value is -2.66. The third-order valence-electron chi connectivity index (χ3n) is 4.41. The Morgan fingerprint density at radius 3 is 2.28 bits per heavy atom. The molecule has 3 rings (SSSR count). The van der Waals surface area contributed by atoms with E-state index in [-0.39, 0.29) is 25.2 Å². The second-order valence-corrected chi connectivity index (χ2v) is 6.20. The molecule has 0 aromatic heterocycles. The van der Waals surface area contributed by atoms with Gasteiger partial charge in [-0.3, -0.25) is 4.79 Å². The summed E-state index contributed by atoms with van der Waals surface area (Å²) in [7, 11) is 0. The zero-order valence-electron chi connectivity index (χ0n) is 13.9. The molecule has 2 atom stereocenters. The van der Waals surface area contributed by atoms with Crippen molar-refractivity contribution in [3.63, 3.8) is 0 Å². The van der Waals surface area contributed by atoms with Crippen LogP contribution in [0.2, 0.25) is 0 Å². The number of carbonyl (C=O) groups excluding carboxylic acids is 2. The van der Waals surface area contributed by atoms with Gasteiger partial charge >= 0.3 is 6.09 Å². The lowest BCUT2D eigenvalue weighted by atomic mass is 9.97. The molecule has 1 aliphatic heterocycles. The van der Waals surface area contributed by atoms with E-state index in [4.69, 9.17) is 4.74 Å². The van der Waals surface area contributed by atoms with Crippen LogP contribution in [0.4, 0.5) is 4.79 Å². The Labute approximate surface area is 146 Å². The number of aliphatic hydroxyl groups is 1. The largest absolute Gasteiger partial charge is 0.447 e. The van der Waals surface area contributed by atoms with E-state index in [1.165, 1.54) is 4.90 Å². The SMILES string of the molecule is O=C1OCC(Cc2ccccc2)N1C(=O)C(CO)Cc1ccccc1. The van der Waals surface area contributed by atoms with Gasteiger partial charge in [0, 0.05) is 0 Å². The fourth-order valence-electron chi connectivity index (χ4n) is 3.09. The van der Waals surface area contributed by atoms with Crippen molar-refractivity contribution in [1.82, 2.24) is 4.90 Å². The number of hydrogen-bond acceptors (Lipinski definition) is 4. The predicted molar refractivity (Wildman–Crippen MR) is 92.8 cm³/mol. The summed E-state index contributed by atoms with van der Waals surface area (Å²) in [6, 6.07) is 18.8. The highest BCUT2D eigenvalue weighted by Gasteiger charge is 2.40. The summed E-state index contributed by atoms with van der Waals surface area (Å²) in [6.45, 7) is -0.126. The number of benzene rings is 2. The Bertz CT molecular complexity index is 717. The maximum atomic E-state index is 12.9. The number of rotatable bonds is 6. The average Bonchev–Trinajstić information content (AvgIpc) is 3.01. The minimum absolute atomic E-state index is 0.183. The minimum Gasteiger partial charge on any atom is -0.447 e. The first-order valence-electron chi connectivity index (χ1n) is 8.37. The van der Waals surface area contributed by atoms with Gasteiger partial charge in [0.2, 0.25) is 5.91 Å². The van der Waals surface area contributed by atoms with Crippen molar-refractivity contribution in [1.29, 1.82) is 0 Å². The second kappa shape index (κ2) is 7.94. The summed E-state index contributed by atoms with van der Waals surface area (Å²) in [6.07, 6.45) is 0.303. The summed E-state index contributed by atoms with van der Waals surface area (Å²) in [4.78, 5) is 26.1. The molecule has 1 aliphatic rings. The molecule has 130 valence electrons. The summed E-state index contributed by atoms with van der Waals surface area (Å²) in [5.74, 6) is -1.04. The van der Waals surface area contributed by atoms with Gasteiger partial charge in [0.15, 0.2) is 0 Å². The summed E-state index contributed by atoms with van der Waals surface area (Å²) >= 11 is 0. The molecule has 0 spiro atoms. The van der Waals surface area contributed by atoms with Gasteiger partial charge in [-0.15, -0.1) is 0 Å². The van der Waals surface area contributed by atoms with Gasteiger partial charge in [-0.1, -0.05) is 60.7 Å². The topological polar surface area (TPSA) is 66.8 Å². The van der Waals surface area contributed by atoms with Crippen molar-refractivity contribution in [3.8, 4) is 0 Å².